The normalized spacial score (nSPS) is 30.9. The van der Waals surface area contributed by atoms with Crippen LogP contribution in [0, 0.1) is 0 Å². The molecule has 1 heterocycles. The van der Waals surface area contributed by atoms with Crippen LogP contribution in [0.15, 0.2) is 4.52 Å². The lowest BCUT2D eigenvalue weighted by molar-refractivity contribution is 0.275. The van der Waals surface area contributed by atoms with E-state index in [0.717, 1.165) is 25.1 Å². The highest BCUT2D eigenvalue weighted by atomic mass is 16.5. The van der Waals surface area contributed by atoms with Crippen LogP contribution in [0.25, 0.3) is 0 Å². The van der Waals surface area contributed by atoms with Gasteiger partial charge in [-0.25, -0.2) is 0 Å². The monoisotopic (exact) mass is 223 g/mol. The van der Waals surface area contributed by atoms with E-state index in [9.17, 15) is 0 Å². The predicted octanol–water partition coefficient (Wildman–Crippen LogP) is 2.14. The van der Waals surface area contributed by atoms with Crippen molar-refractivity contribution in [2.24, 2.45) is 5.73 Å². The Bertz CT molecular complexity index is 380. The third kappa shape index (κ3) is 1.75. The van der Waals surface area contributed by atoms with Gasteiger partial charge in [0.15, 0.2) is 5.82 Å². The predicted molar refractivity (Wildman–Crippen MR) is 62.2 cm³/mol. The Labute approximate surface area is 96.6 Å². The molecular weight excluding hydrogens is 202 g/mol. The molecular formula is C12H21N3O. The summed E-state index contributed by atoms with van der Waals surface area (Å²) >= 11 is 0. The van der Waals surface area contributed by atoms with Gasteiger partial charge in [0.1, 0.15) is 0 Å². The molecule has 1 fully saturated rings. The first-order valence-electron chi connectivity index (χ1n) is 5.94. The van der Waals surface area contributed by atoms with E-state index < -0.39 is 0 Å². The van der Waals surface area contributed by atoms with E-state index in [1.165, 1.54) is 0 Å². The number of aromatic nitrogens is 2. The van der Waals surface area contributed by atoms with Crippen molar-refractivity contribution in [2.45, 2.75) is 63.8 Å². The molecule has 90 valence electrons. The Morgan fingerprint density at radius 3 is 2.56 bits per heavy atom. The van der Waals surface area contributed by atoms with Crippen molar-refractivity contribution >= 4 is 0 Å². The Kier molecular flexibility index (Phi) is 2.57. The van der Waals surface area contributed by atoms with Crippen LogP contribution in [-0.2, 0) is 10.8 Å². The topological polar surface area (TPSA) is 64.9 Å². The van der Waals surface area contributed by atoms with Crippen molar-refractivity contribution in [3.63, 3.8) is 0 Å². The highest BCUT2D eigenvalue weighted by molar-refractivity contribution is 5.13. The number of nitrogens with two attached hydrogens (primary N) is 1. The fourth-order valence-corrected chi connectivity index (χ4v) is 2.22. The third-order valence-electron chi connectivity index (χ3n) is 3.62. The van der Waals surface area contributed by atoms with Gasteiger partial charge in [-0.15, -0.1) is 0 Å². The summed E-state index contributed by atoms with van der Waals surface area (Å²) in [7, 11) is 0. The molecule has 0 aliphatic heterocycles. The van der Waals surface area contributed by atoms with Gasteiger partial charge < -0.3 is 10.3 Å². The second-order valence-corrected chi connectivity index (χ2v) is 6.09. The van der Waals surface area contributed by atoms with Crippen LogP contribution in [0.3, 0.4) is 0 Å². The maximum Gasteiger partial charge on any atom is 0.234 e. The van der Waals surface area contributed by atoms with Crippen molar-refractivity contribution in [1.82, 2.24) is 10.1 Å². The van der Waals surface area contributed by atoms with Gasteiger partial charge in [-0.1, -0.05) is 32.3 Å². The minimum Gasteiger partial charge on any atom is -0.339 e. The minimum atomic E-state index is -0.128. The zero-order valence-electron chi connectivity index (χ0n) is 10.6. The molecule has 4 nitrogen and oxygen atoms in total. The lowest BCUT2D eigenvalue weighted by Crippen LogP contribution is -2.38. The maximum atomic E-state index is 6.14. The van der Waals surface area contributed by atoms with Gasteiger partial charge in [-0.05, 0) is 19.8 Å². The van der Waals surface area contributed by atoms with E-state index in [0.29, 0.717) is 5.89 Å². The first-order chi connectivity index (χ1) is 7.34. The summed E-state index contributed by atoms with van der Waals surface area (Å²) in [5.74, 6) is 1.48. The average molecular weight is 223 g/mol. The average Bonchev–Trinajstić information content (AvgIpc) is 2.74. The first kappa shape index (κ1) is 11.6. The quantitative estimate of drug-likeness (QED) is 0.792. The van der Waals surface area contributed by atoms with Gasteiger partial charge in [-0.2, -0.15) is 4.98 Å². The fourth-order valence-electron chi connectivity index (χ4n) is 2.22. The number of hydrogen-bond acceptors (Lipinski definition) is 4. The van der Waals surface area contributed by atoms with Gasteiger partial charge in [0.05, 0.1) is 5.41 Å². The van der Waals surface area contributed by atoms with Crippen molar-refractivity contribution in [2.75, 3.05) is 0 Å². The van der Waals surface area contributed by atoms with Crippen molar-refractivity contribution in [3.05, 3.63) is 11.7 Å². The Morgan fingerprint density at radius 1 is 1.44 bits per heavy atom. The van der Waals surface area contributed by atoms with Gasteiger partial charge in [0.2, 0.25) is 5.89 Å². The van der Waals surface area contributed by atoms with Crippen LogP contribution in [0.2, 0.25) is 0 Å². The second kappa shape index (κ2) is 3.55. The number of hydrogen-bond donors (Lipinski definition) is 1. The zero-order valence-corrected chi connectivity index (χ0v) is 10.6. The fraction of sp³-hybridized carbons (Fsp3) is 0.833. The van der Waals surface area contributed by atoms with Crippen molar-refractivity contribution in [1.29, 1.82) is 0 Å². The summed E-state index contributed by atoms with van der Waals surface area (Å²) in [6, 6.07) is 0.140. The molecule has 1 aromatic rings. The molecule has 1 aliphatic carbocycles. The number of nitrogens with zero attached hydrogens (tertiary/aromatic N) is 2. The van der Waals surface area contributed by atoms with E-state index in [2.05, 4.69) is 37.8 Å². The summed E-state index contributed by atoms with van der Waals surface area (Å²) in [5.41, 5.74) is 5.94. The van der Waals surface area contributed by atoms with Crippen LogP contribution in [0.5, 0.6) is 0 Å². The molecule has 0 amide bonds. The highest BCUT2D eigenvalue weighted by Crippen LogP contribution is 2.39. The SMILES string of the molecule is CC(C)(C)c1noc(C2(C)CCCC2N)n1. The van der Waals surface area contributed by atoms with Crippen LogP contribution in [0.4, 0.5) is 0 Å². The summed E-state index contributed by atoms with van der Waals surface area (Å²) in [6.45, 7) is 8.38. The molecule has 1 aliphatic rings. The summed E-state index contributed by atoms with van der Waals surface area (Å²) < 4.78 is 5.41. The molecule has 16 heavy (non-hydrogen) atoms. The standard InChI is InChI=1S/C12H21N3O/c1-11(2,3)9-14-10(16-15-9)12(4)7-5-6-8(12)13/h8H,5-7,13H2,1-4H3. The largest absolute Gasteiger partial charge is 0.339 e. The smallest absolute Gasteiger partial charge is 0.234 e. The summed E-state index contributed by atoms with van der Waals surface area (Å²) in [4.78, 5) is 4.53. The van der Waals surface area contributed by atoms with Gasteiger partial charge in [0.25, 0.3) is 0 Å². The van der Waals surface area contributed by atoms with E-state index in [1.54, 1.807) is 0 Å². The third-order valence-corrected chi connectivity index (χ3v) is 3.62. The summed E-state index contributed by atoms with van der Waals surface area (Å²) in [6.07, 6.45) is 3.23. The van der Waals surface area contributed by atoms with Crippen LogP contribution in [-0.4, -0.2) is 16.2 Å². The molecule has 0 bridgehead atoms. The Balaban J connectivity index is 2.32. The minimum absolute atomic E-state index is 0.0686. The van der Waals surface area contributed by atoms with E-state index in [-0.39, 0.29) is 16.9 Å². The number of rotatable bonds is 1. The lowest BCUT2D eigenvalue weighted by Gasteiger charge is -2.24. The van der Waals surface area contributed by atoms with Crippen LogP contribution < -0.4 is 5.73 Å². The molecule has 0 spiro atoms. The summed E-state index contributed by atoms with van der Waals surface area (Å²) in [5, 5.41) is 4.07. The molecule has 2 rings (SSSR count). The van der Waals surface area contributed by atoms with Gasteiger partial charge >= 0.3 is 0 Å². The highest BCUT2D eigenvalue weighted by Gasteiger charge is 2.43. The Hall–Kier alpha value is -0.900. The molecule has 2 unspecified atom stereocenters. The van der Waals surface area contributed by atoms with Crippen LogP contribution in [0.1, 0.15) is 58.7 Å². The molecule has 1 aromatic heterocycles. The molecule has 0 saturated heterocycles. The van der Waals surface area contributed by atoms with Crippen molar-refractivity contribution < 1.29 is 4.52 Å². The van der Waals surface area contributed by atoms with Gasteiger partial charge in [-0.3, -0.25) is 0 Å². The van der Waals surface area contributed by atoms with Gasteiger partial charge in [0, 0.05) is 11.5 Å². The van der Waals surface area contributed by atoms with E-state index >= 15 is 0 Å². The maximum absolute atomic E-state index is 6.14. The van der Waals surface area contributed by atoms with Crippen LogP contribution >= 0.6 is 0 Å². The molecule has 2 atom stereocenters. The van der Waals surface area contributed by atoms with Crippen molar-refractivity contribution in [3.8, 4) is 0 Å². The molecule has 0 radical (unpaired) electrons. The van der Waals surface area contributed by atoms with E-state index in [1.807, 2.05) is 0 Å². The molecule has 4 heteroatoms. The Morgan fingerprint density at radius 2 is 2.12 bits per heavy atom. The molecule has 2 N–H and O–H groups in total. The first-order valence-corrected chi connectivity index (χ1v) is 5.94. The lowest BCUT2D eigenvalue weighted by atomic mass is 9.85. The van der Waals surface area contributed by atoms with E-state index in [4.69, 9.17) is 10.3 Å². The second-order valence-electron chi connectivity index (χ2n) is 6.09. The molecule has 1 saturated carbocycles. The molecule has 0 aromatic carbocycles. The zero-order chi connectivity index (χ0) is 12.0.